The van der Waals surface area contributed by atoms with Crippen molar-refractivity contribution in [3.63, 3.8) is 0 Å². The van der Waals surface area contributed by atoms with Gasteiger partial charge in [0.15, 0.2) is 0 Å². The summed E-state index contributed by atoms with van der Waals surface area (Å²) >= 11 is 1.73. The molecule has 164 valence electrons. The van der Waals surface area contributed by atoms with Crippen molar-refractivity contribution < 1.29 is 9.59 Å². The number of hydrogen-bond donors (Lipinski definition) is 1. The first-order chi connectivity index (χ1) is 14.3. The monoisotopic (exact) mass is 429 g/mol. The second kappa shape index (κ2) is 7.54. The van der Waals surface area contributed by atoms with Gasteiger partial charge in [-0.15, -0.1) is 11.3 Å². The van der Waals surface area contributed by atoms with E-state index in [2.05, 4.69) is 41.6 Å². The minimum absolute atomic E-state index is 0.00142. The summed E-state index contributed by atoms with van der Waals surface area (Å²) in [6.07, 6.45) is 7.45. The molecule has 2 heterocycles. The number of hydrogen-bond acceptors (Lipinski definition) is 3. The molecular weight excluding hydrogens is 394 g/mol. The van der Waals surface area contributed by atoms with Gasteiger partial charge in [-0.1, -0.05) is 19.9 Å². The number of nitrogens with one attached hydrogen (secondary N) is 1. The number of piperazine rings is 1. The molecule has 5 aliphatic rings. The van der Waals surface area contributed by atoms with E-state index in [4.69, 9.17) is 0 Å². The molecule has 4 bridgehead atoms. The predicted octanol–water partition coefficient (Wildman–Crippen LogP) is 4.10. The van der Waals surface area contributed by atoms with Crippen LogP contribution < -0.4 is 5.32 Å². The van der Waals surface area contributed by atoms with Gasteiger partial charge < -0.3 is 15.1 Å². The van der Waals surface area contributed by atoms with Crippen LogP contribution in [0.1, 0.15) is 57.2 Å². The Morgan fingerprint density at radius 3 is 2.13 bits per heavy atom. The van der Waals surface area contributed by atoms with Gasteiger partial charge in [-0.2, -0.15) is 0 Å². The number of thiophene rings is 1. The van der Waals surface area contributed by atoms with Crippen molar-refractivity contribution in [1.82, 2.24) is 15.1 Å². The van der Waals surface area contributed by atoms with Gasteiger partial charge in [0.05, 0.1) is 5.41 Å². The lowest BCUT2D eigenvalue weighted by atomic mass is 9.49. The molecule has 4 aliphatic carbocycles. The highest BCUT2D eigenvalue weighted by molar-refractivity contribution is 7.10. The van der Waals surface area contributed by atoms with E-state index in [0.717, 1.165) is 37.0 Å². The maximum Gasteiger partial charge on any atom is 0.317 e. The average molecular weight is 430 g/mol. The molecule has 4 saturated carbocycles. The summed E-state index contributed by atoms with van der Waals surface area (Å²) in [5.74, 6) is 2.78. The van der Waals surface area contributed by atoms with E-state index in [0.29, 0.717) is 38.6 Å². The minimum Gasteiger partial charge on any atom is -0.339 e. The van der Waals surface area contributed by atoms with Gasteiger partial charge in [-0.25, -0.2) is 4.79 Å². The molecule has 6 heteroatoms. The Kier molecular flexibility index (Phi) is 5.11. The molecule has 1 aliphatic heterocycles. The maximum absolute atomic E-state index is 13.5. The van der Waals surface area contributed by atoms with Crippen LogP contribution in [0.3, 0.4) is 0 Å². The van der Waals surface area contributed by atoms with Gasteiger partial charge in [-0.05, 0) is 67.7 Å². The molecule has 0 atom stereocenters. The van der Waals surface area contributed by atoms with E-state index in [1.807, 2.05) is 4.90 Å². The van der Waals surface area contributed by atoms with Crippen molar-refractivity contribution in [2.24, 2.45) is 23.2 Å². The summed E-state index contributed by atoms with van der Waals surface area (Å²) in [5.41, 5.74) is -0.135. The highest BCUT2D eigenvalue weighted by Crippen LogP contribution is 2.60. The van der Waals surface area contributed by atoms with Crippen LogP contribution in [0.25, 0.3) is 0 Å². The Bertz CT molecular complexity index is 760. The fourth-order valence-corrected chi connectivity index (χ4v) is 7.83. The first-order valence-corrected chi connectivity index (χ1v) is 12.6. The van der Waals surface area contributed by atoms with E-state index >= 15 is 0 Å². The lowest BCUT2D eigenvalue weighted by molar-refractivity contribution is -0.159. The van der Waals surface area contributed by atoms with Crippen molar-refractivity contribution in [3.8, 4) is 0 Å². The molecular formula is C24H35N3O2S. The van der Waals surface area contributed by atoms with Crippen molar-refractivity contribution >= 4 is 23.3 Å². The maximum atomic E-state index is 13.5. The number of carbonyl (C=O) groups excluding carboxylic acids is 2. The van der Waals surface area contributed by atoms with Crippen molar-refractivity contribution in [2.75, 3.05) is 32.7 Å². The molecule has 5 fully saturated rings. The van der Waals surface area contributed by atoms with Crippen LogP contribution in [0.2, 0.25) is 0 Å². The van der Waals surface area contributed by atoms with Crippen LogP contribution in [-0.2, 0) is 10.2 Å². The Morgan fingerprint density at radius 1 is 1.03 bits per heavy atom. The predicted molar refractivity (Wildman–Crippen MR) is 120 cm³/mol. The van der Waals surface area contributed by atoms with Crippen molar-refractivity contribution in [2.45, 2.75) is 57.8 Å². The lowest BCUT2D eigenvalue weighted by Gasteiger charge is -2.57. The van der Waals surface area contributed by atoms with E-state index in [1.54, 1.807) is 11.3 Å². The van der Waals surface area contributed by atoms with Crippen LogP contribution in [-0.4, -0.2) is 54.5 Å². The van der Waals surface area contributed by atoms with E-state index in [9.17, 15) is 9.59 Å². The van der Waals surface area contributed by atoms with Crippen LogP contribution in [0, 0.1) is 23.2 Å². The zero-order valence-corrected chi connectivity index (χ0v) is 19.2. The summed E-state index contributed by atoms with van der Waals surface area (Å²) in [6, 6.07) is 4.19. The zero-order chi connectivity index (χ0) is 20.9. The smallest absolute Gasteiger partial charge is 0.317 e. The number of amides is 3. The number of nitrogens with zero attached hydrogens (tertiary/aromatic N) is 2. The summed E-state index contributed by atoms with van der Waals surface area (Å²) in [7, 11) is 0. The average Bonchev–Trinajstić information content (AvgIpc) is 3.27. The topological polar surface area (TPSA) is 52.7 Å². The third-order valence-electron chi connectivity index (χ3n) is 8.22. The molecule has 3 amide bonds. The van der Waals surface area contributed by atoms with Crippen molar-refractivity contribution in [1.29, 1.82) is 0 Å². The summed E-state index contributed by atoms with van der Waals surface area (Å²) in [4.78, 5) is 31.5. The zero-order valence-electron chi connectivity index (χ0n) is 18.4. The minimum atomic E-state index is -0.0693. The van der Waals surface area contributed by atoms with Gasteiger partial charge in [0, 0.05) is 43.0 Å². The lowest BCUT2D eigenvalue weighted by Crippen LogP contribution is -2.59. The summed E-state index contributed by atoms with van der Waals surface area (Å²) in [6.45, 7) is 7.61. The molecule has 1 aromatic heterocycles. The third-order valence-corrected chi connectivity index (χ3v) is 9.45. The highest BCUT2D eigenvalue weighted by Gasteiger charge is 2.55. The van der Waals surface area contributed by atoms with Crippen LogP contribution in [0.15, 0.2) is 17.5 Å². The molecule has 0 aromatic carbocycles. The number of rotatable bonds is 4. The highest BCUT2D eigenvalue weighted by atomic mass is 32.1. The normalized spacial score (nSPS) is 33.1. The fourth-order valence-electron chi connectivity index (χ4n) is 6.98. The first-order valence-electron chi connectivity index (χ1n) is 11.7. The molecule has 0 unspecified atom stereocenters. The van der Waals surface area contributed by atoms with Gasteiger partial charge in [-0.3, -0.25) is 4.79 Å². The Morgan fingerprint density at radius 2 is 1.60 bits per heavy atom. The molecule has 0 radical (unpaired) electrons. The summed E-state index contributed by atoms with van der Waals surface area (Å²) < 4.78 is 0. The molecule has 30 heavy (non-hydrogen) atoms. The van der Waals surface area contributed by atoms with Gasteiger partial charge in [0.25, 0.3) is 0 Å². The van der Waals surface area contributed by atoms with E-state index in [-0.39, 0.29) is 16.9 Å². The Labute approximate surface area is 184 Å². The van der Waals surface area contributed by atoms with Crippen LogP contribution in [0.4, 0.5) is 4.79 Å². The standard InChI is InChI=1S/C24H35N3O2S/c1-23(2,20-4-3-9-30-20)16-25-22(29)27-7-5-26(6-8-27)21(28)24-13-17-10-18(14-24)12-19(11-17)15-24/h3-4,9,17-19H,5-8,10-16H2,1-2H3,(H,25,29). The number of urea groups is 1. The van der Waals surface area contributed by atoms with Gasteiger partial charge in [0.2, 0.25) is 5.91 Å². The van der Waals surface area contributed by atoms with Gasteiger partial charge >= 0.3 is 6.03 Å². The van der Waals surface area contributed by atoms with E-state index in [1.165, 1.54) is 24.1 Å². The van der Waals surface area contributed by atoms with E-state index < -0.39 is 0 Å². The molecule has 1 aromatic rings. The SMILES string of the molecule is CC(C)(CNC(=O)N1CCN(C(=O)C23CC4CC(CC(C4)C2)C3)CC1)c1cccs1. The second-order valence-corrected chi connectivity index (χ2v) is 11.9. The van der Waals surface area contributed by atoms with Crippen molar-refractivity contribution in [3.05, 3.63) is 22.4 Å². The molecule has 5 nitrogen and oxygen atoms in total. The Balaban J connectivity index is 1.14. The molecule has 6 rings (SSSR count). The van der Waals surface area contributed by atoms with Crippen LogP contribution in [0.5, 0.6) is 0 Å². The second-order valence-electron chi connectivity index (χ2n) is 11.0. The first kappa shape index (κ1) is 20.3. The third kappa shape index (κ3) is 3.65. The number of carbonyl (C=O) groups is 2. The van der Waals surface area contributed by atoms with Crippen LogP contribution >= 0.6 is 11.3 Å². The molecule has 1 N–H and O–H groups in total. The van der Waals surface area contributed by atoms with Gasteiger partial charge in [0.1, 0.15) is 0 Å². The quantitative estimate of drug-likeness (QED) is 0.784. The largest absolute Gasteiger partial charge is 0.339 e. The molecule has 1 saturated heterocycles. The molecule has 0 spiro atoms. The Hall–Kier alpha value is -1.56. The summed E-state index contributed by atoms with van der Waals surface area (Å²) in [5, 5.41) is 5.21. The fraction of sp³-hybridized carbons (Fsp3) is 0.750.